The summed E-state index contributed by atoms with van der Waals surface area (Å²) >= 11 is 3.16. The number of nitrogens with one attached hydrogen (secondary N) is 1. The first-order valence-electron chi connectivity index (χ1n) is 4.33. The molecule has 2 aromatic rings. The molecule has 1 amide bonds. The van der Waals surface area contributed by atoms with Gasteiger partial charge >= 0.3 is 0 Å². The molecule has 0 aliphatic heterocycles. The van der Waals surface area contributed by atoms with Crippen LogP contribution in [0.4, 0.5) is 10.2 Å². The van der Waals surface area contributed by atoms with Crippen molar-refractivity contribution in [2.75, 3.05) is 5.32 Å². The molecule has 4 nitrogen and oxygen atoms in total. The molecule has 82 valence electrons. The van der Waals surface area contributed by atoms with Crippen LogP contribution in [0.3, 0.4) is 0 Å². The van der Waals surface area contributed by atoms with Gasteiger partial charge in [-0.2, -0.15) is 0 Å². The van der Waals surface area contributed by atoms with Crippen LogP contribution in [0.25, 0.3) is 0 Å². The van der Waals surface area contributed by atoms with Gasteiger partial charge in [-0.25, -0.2) is 4.39 Å². The number of amides is 1. The first-order chi connectivity index (χ1) is 7.66. The van der Waals surface area contributed by atoms with E-state index >= 15 is 0 Å². The Morgan fingerprint density at radius 1 is 1.44 bits per heavy atom. The summed E-state index contributed by atoms with van der Waals surface area (Å²) in [6, 6.07) is 5.59. The molecule has 1 heterocycles. The van der Waals surface area contributed by atoms with Gasteiger partial charge in [-0.05, 0) is 18.2 Å². The molecule has 0 fully saturated rings. The van der Waals surface area contributed by atoms with Gasteiger partial charge in [-0.15, -0.1) is 0 Å². The van der Waals surface area contributed by atoms with Gasteiger partial charge in [-0.3, -0.25) is 4.79 Å². The third kappa shape index (κ3) is 2.27. The Hall–Kier alpha value is -1.69. The number of carbonyl (C=O) groups is 1. The molecular weight excluding hydrogens is 279 g/mol. The molecule has 0 spiro atoms. The van der Waals surface area contributed by atoms with Crippen molar-refractivity contribution in [1.29, 1.82) is 0 Å². The molecule has 1 N–H and O–H groups in total. The van der Waals surface area contributed by atoms with Crippen LogP contribution in [0.5, 0.6) is 0 Å². The molecular formula is C10H6BrFN2O2. The molecule has 0 radical (unpaired) electrons. The van der Waals surface area contributed by atoms with Crippen LogP contribution in [0.2, 0.25) is 0 Å². The molecule has 1 aromatic carbocycles. The zero-order chi connectivity index (χ0) is 11.5. The number of nitrogens with zero attached hydrogens (tertiary/aromatic N) is 1. The summed E-state index contributed by atoms with van der Waals surface area (Å²) in [5.74, 6) is -0.929. The average Bonchev–Trinajstić information content (AvgIpc) is 2.74. The Morgan fingerprint density at radius 2 is 2.25 bits per heavy atom. The summed E-state index contributed by atoms with van der Waals surface area (Å²) in [5.41, 5.74) is -0.0580. The number of benzene rings is 1. The van der Waals surface area contributed by atoms with E-state index in [9.17, 15) is 9.18 Å². The van der Waals surface area contributed by atoms with Crippen LogP contribution in [0, 0.1) is 5.82 Å². The van der Waals surface area contributed by atoms with E-state index in [1.165, 1.54) is 30.5 Å². The van der Waals surface area contributed by atoms with Gasteiger partial charge in [0.1, 0.15) is 12.1 Å². The largest absolute Gasteiger partial charge is 0.363 e. The summed E-state index contributed by atoms with van der Waals surface area (Å²) in [6.07, 6.45) is 1.31. The van der Waals surface area contributed by atoms with Crippen molar-refractivity contribution in [3.8, 4) is 0 Å². The zero-order valence-corrected chi connectivity index (χ0v) is 9.49. The molecule has 16 heavy (non-hydrogen) atoms. The highest BCUT2D eigenvalue weighted by Gasteiger charge is 2.13. The maximum Gasteiger partial charge on any atom is 0.259 e. The van der Waals surface area contributed by atoms with Gasteiger partial charge < -0.3 is 9.84 Å². The second-order valence-electron chi connectivity index (χ2n) is 2.96. The summed E-state index contributed by atoms with van der Waals surface area (Å²) in [5, 5.41) is 5.89. The Bertz CT molecular complexity index is 514. The Morgan fingerprint density at radius 3 is 2.94 bits per heavy atom. The number of aromatic nitrogens is 1. The highest BCUT2D eigenvalue weighted by Crippen LogP contribution is 2.16. The monoisotopic (exact) mass is 284 g/mol. The number of anilines is 1. The standard InChI is InChI=1S/C10H6BrFN2O2/c11-6-1-2-8(12)7(5-6)10(15)13-9-3-4-16-14-9/h1-5H,(H,13,14,15). The van der Waals surface area contributed by atoms with Crippen molar-refractivity contribution >= 4 is 27.7 Å². The predicted octanol–water partition coefficient (Wildman–Crippen LogP) is 2.83. The first-order valence-corrected chi connectivity index (χ1v) is 5.13. The summed E-state index contributed by atoms with van der Waals surface area (Å²) in [4.78, 5) is 11.6. The molecule has 2 rings (SSSR count). The van der Waals surface area contributed by atoms with E-state index in [2.05, 4.69) is 30.9 Å². The smallest absolute Gasteiger partial charge is 0.259 e. The second kappa shape index (κ2) is 4.44. The van der Waals surface area contributed by atoms with Crippen molar-refractivity contribution in [3.05, 3.63) is 46.4 Å². The van der Waals surface area contributed by atoms with Crippen LogP contribution in [-0.4, -0.2) is 11.1 Å². The molecule has 1 aromatic heterocycles. The van der Waals surface area contributed by atoms with Crippen molar-refractivity contribution in [2.24, 2.45) is 0 Å². The fourth-order valence-corrected chi connectivity index (χ4v) is 1.49. The molecule has 0 bridgehead atoms. The maximum absolute atomic E-state index is 13.3. The van der Waals surface area contributed by atoms with Crippen molar-refractivity contribution < 1.29 is 13.7 Å². The van der Waals surface area contributed by atoms with E-state index < -0.39 is 11.7 Å². The first kappa shape index (κ1) is 10.8. The van der Waals surface area contributed by atoms with Crippen LogP contribution in [0.1, 0.15) is 10.4 Å². The normalized spacial score (nSPS) is 10.1. The number of hydrogen-bond acceptors (Lipinski definition) is 3. The Balaban J connectivity index is 2.24. The highest BCUT2D eigenvalue weighted by atomic mass is 79.9. The lowest BCUT2D eigenvalue weighted by molar-refractivity contribution is 0.102. The van der Waals surface area contributed by atoms with Gasteiger partial charge in [0, 0.05) is 10.5 Å². The Labute approximate surface area is 98.6 Å². The van der Waals surface area contributed by atoms with E-state index in [-0.39, 0.29) is 11.4 Å². The minimum absolute atomic E-state index is 0.0580. The van der Waals surface area contributed by atoms with Crippen LogP contribution < -0.4 is 5.32 Å². The van der Waals surface area contributed by atoms with Gasteiger partial charge in [0.2, 0.25) is 0 Å². The van der Waals surface area contributed by atoms with Gasteiger partial charge in [0.25, 0.3) is 5.91 Å². The van der Waals surface area contributed by atoms with Crippen LogP contribution >= 0.6 is 15.9 Å². The van der Waals surface area contributed by atoms with E-state index in [0.717, 1.165) is 0 Å². The van der Waals surface area contributed by atoms with E-state index in [1.807, 2.05) is 0 Å². The number of carbonyl (C=O) groups excluding carboxylic acids is 1. The molecule has 0 saturated heterocycles. The lowest BCUT2D eigenvalue weighted by Crippen LogP contribution is -2.13. The lowest BCUT2D eigenvalue weighted by Gasteiger charge is -2.03. The molecule has 0 aliphatic rings. The van der Waals surface area contributed by atoms with Crippen molar-refractivity contribution in [1.82, 2.24) is 5.16 Å². The third-order valence-electron chi connectivity index (χ3n) is 1.85. The number of rotatable bonds is 2. The fourth-order valence-electron chi connectivity index (χ4n) is 1.13. The number of hydrogen-bond donors (Lipinski definition) is 1. The molecule has 0 saturated carbocycles. The average molecular weight is 285 g/mol. The molecule has 0 unspecified atom stereocenters. The van der Waals surface area contributed by atoms with Gasteiger partial charge in [0.05, 0.1) is 5.56 Å². The summed E-state index contributed by atoms with van der Waals surface area (Å²) in [7, 11) is 0. The summed E-state index contributed by atoms with van der Waals surface area (Å²) < 4.78 is 18.5. The van der Waals surface area contributed by atoms with E-state index in [0.29, 0.717) is 4.47 Å². The molecule has 0 aliphatic carbocycles. The van der Waals surface area contributed by atoms with Gasteiger partial charge in [0.15, 0.2) is 5.82 Å². The maximum atomic E-state index is 13.3. The Kier molecular flexibility index (Phi) is 3.00. The zero-order valence-electron chi connectivity index (χ0n) is 7.91. The number of halogens is 2. The minimum atomic E-state index is -0.593. The summed E-state index contributed by atoms with van der Waals surface area (Å²) in [6.45, 7) is 0. The topological polar surface area (TPSA) is 55.1 Å². The SMILES string of the molecule is O=C(Nc1ccon1)c1cc(Br)ccc1F. The fraction of sp³-hybridized carbons (Fsp3) is 0. The quantitative estimate of drug-likeness (QED) is 0.923. The van der Waals surface area contributed by atoms with Crippen molar-refractivity contribution in [3.63, 3.8) is 0 Å². The third-order valence-corrected chi connectivity index (χ3v) is 2.35. The van der Waals surface area contributed by atoms with Crippen LogP contribution in [-0.2, 0) is 0 Å². The van der Waals surface area contributed by atoms with Crippen molar-refractivity contribution in [2.45, 2.75) is 0 Å². The highest BCUT2D eigenvalue weighted by molar-refractivity contribution is 9.10. The van der Waals surface area contributed by atoms with E-state index in [1.54, 1.807) is 0 Å². The molecule has 6 heteroatoms. The van der Waals surface area contributed by atoms with Gasteiger partial charge in [-0.1, -0.05) is 21.1 Å². The predicted molar refractivity (Wildman–Crippen MR) is 58.6 cm³/mol. The lowest BCUT2D eigenvalue weighted by atomic mass is 10.2. The van der Waals surface area contributed by atoms with E-state index in [4.69, 9.17) is 0 Å². The van der Waals surface area contributed by atoms with Crippen LogP contribution in [0.15, 0.2) is 39.5 Å². The molecule has 0 atom stereocenters. The second-order valence-corrected chi connectivity index (χ2v) is 3.88. The minimum Gasteiger partial charge on any atom is -0.363 e.